The van der Waals surface area contributed by atoms with Crippen LogP contribution < -0.4 is 0 Å². The normalized spacial score (nSPS) is 18.6. The van der Waals surface area contributed by atoms with E-state index in [0.717, 1.165) is 0 Å². The van der Waals surface area contributed by atoms with Crippen molar-refractivity contribution in [1.29, 1.82) is 0 Å². The summed E-state index contributed by atoms with van der Waals surface area (Å²) < 4.78 is 0. The standard InChI is InChI=1S/C20H15.C9H13.C2H6Si.Zr/c1-14-11-18-12-16-9-5-6-10-17(16)13-19(18)20(14)15-7-3-2-4-8-15;1-6-5-7(2)9(4)8(6)3;1-3-2;/h2-10,12-13,20H,1H3;6H,1-4H3;1-2H3;/q2*-1;;+2. The van der Waals surface area contributed by atoms with Crippen molar-refractivity contribution < 1.29 is 23.3 Å². The molecule has 0 radical (unpaired) electrons. The minimum atomic E-state index is 0.210. The molecule has 2 aliphatic carbocycles. The number of hydrogen-bond donors (Lipinski definition) is 0. The molecule has 2 heteroatoms. The fraction of sp³-hybridized carbons (Fsp3) is 0.290. The summed E-state index contributed by atoms with van der Waals surface area (Å²) in [6.45, 7) is 15.5. The molecule has 0 saturated carbocycles. The van der Waals surface area contributed by atoms with Gasteiger partial charge in [-0.3, -0.25) is 6.08 Å². The van der Waals surface area contributed by atoms with Gasteiger partial charge < -0.3 is 0 Å². The van der Waals surface area contributed by atoms with Gasteiger partial charge in [0.15, 0.2) is 0 Å². The summed E-state index contributed by atoms with van der Waals surface area (Å²) in [7, 11) is 0. The predicted molar refractivity (Wildman–Crippen MR) is 141 cm³/mol. The molecule has 0 spiro atoms. The molecule has 0 aliphatic heterocycles. The fourth-order valence-electron chi connectivity index (χ4n) is 4.36. The third kappa shape index (κ3) is 6.43. The monoisotopic (exact) mass is 524 g/mol. The van der Waals surface area contributed by atoms with Crippen LogP contribution in [0.1, 0.15) is 57.2 Å². The Morgan fingerprint density at radius 3 is 1.85 bits per heavy atom. The van der Waals surface area contributed by atoms with Crippen LogP contribution in [-0.2, 0) is 23.3 Å². The molecule has 5 rings (SSSR count). The fourth-order valence-corrected chi connectivity index (χ4v) is 4.36. The molecule has 0 heterocycles. The van der Waals surface area contributed by atoms with Crippen LogP contribution in [0.4, 0.5) is 0 Å². The van der Waals surface area contributed by atoms with E-state index in [9.17, 15) is 0 Å². The van der Waals surface area contributed by atoms with E-state index in [4.69, 9.17) is 0 Å². The Morgan fingerprint density at radius 1 is 0.818 bits per heavy atom. The molecule has 0 amide bonds. The molecule has 2 unspecified atom stereocenters. The van der Waals surface area contributed by atoms with Gasteiger partial charge >= 0.3 is 41.9 Å². The van der Waals surface area contributed by atoms with Gasteiger partial charge in [0.25, 0.3) is 0 Å². The van der Waals surface area contributed by atoms with Crippen LogP contribution in [0.25, 0.3) is 10.8 Å². The Kier molecular flexibility index (Phi) is 9.08. The van der Waals surface area contributed by atoms with Crippen molar-refractivity contribution in [1.82, 2.24) is 0 Å². The van der Waals surface area contributed by atoms with E-state index in [0.29, 0.717) is 11.8 Å². The van der Waals surface area contributed by atoms with E-state index < -0.39 is 0 Å². The van der Waals surface area contributed by atoms with Gasteiger partial charge in [-0.15, -0.1) is 24.1 Å². The van der Waals surface area contributed by atoms with Crippen LogP contribution in [0.15, 0.2) is 89.0 Å². The summed E-state index contributed by atoms with van der Waals surface area (Å²) in [4.78, 5) is 0. The zero-order valence-electron chi connectivity index (χ0n) is 21.0. The zero-order chi connectivity index (χ0) is 24.1. The van der Waals surface area contributed by atoms with E-state index in [1.54, 1.807) is 23.3 Å². The molecule has 3 aromatic rings. The Morgan fingerprint density at radius 2 is 1.36 bits per heavy atom. The first kappa shape index (κ1) is 25.9. The van der Waals surface area contributed by atoms with Crippen LogP contribution in [0.2, 0.25) is 13.1 Å². The van der Waals surface area contributed by atoms with Gasteiger partial charge in [-0.2, -0.15) is 28.9 Å². The number of allylic oxidation sites excluding steroid dienone is 5. The van der Waals surface area contributed by atoms with E-state index in [2.05, 4.69) is 127 Å². The molecule has 33 heavy (non-hydrogen) atoms. The van der Waals surface area contributed by atoms with Crippen molar-refractivity contribution in [2.45, 2.75) is 53.6 Å². The quantitative estimate of drug-likeness (QED) is 0.220. The van der Waals surface area contributed by atoms with Crippen molar-refractivity contribution >= 4 is 16.2 Å². The van der Waals surface area contributed by atoms with E-state index in [1.807, 2.05) is 0 Å². The summed E-state index contributed by atoms with van der Waals surface area (Å²) >= 11 is 1.74. The second-order valence-electron chi connectivity index (χ2n) is 9.24. The average molecular weight is 526 g/mol. The molecule has 2 atom stereocenters. The molecule has 0 aromatic heterocycles. The van der Waals surface area contributed by atoms with Gasteiger partial charge in [-0.25, -0.2) is 5.57 Å². The average Bonchev–Trinajstić information content (AvgIpc) is 3.21. The second kappa shape index (κ2) is 11.6. The zero-order valence-corrected chi connectivity index (χ0v) is 24.5. The van der Waals surface area contributed by atoms with Crippen molar-refractivity contribution in [2.75, 3.05) is 0 Å². The van der Waals surface area contributed by atoms with E-state index >= 15 is 0 Å². The molecule has 0 saturated heterocycles. The SMILES string of the molecule is CC1=[C-]C(C)C(C)=C1C.CC1=[C-]c2cc3ccccc3cc2C1c1ccccc1.C[Si](C)=[Zr+2]. The summed E-state index contributed by atoms with van der Waals surface area (Å²) in [6, 6.07) is 23.9. The Balaban J connectivity index is 0.000000197. The first-order chi connectivity index (χ1) is 15.7. The molecule has 166 valence electrons. The Labute approximate surface area is 215 Å². The van der Waals surface area contributed by atoms with Gasteiger partial charge in [-0.05, 0) is 16.9 Å². The van der Waals surface area contributed by atoms with Gasteiger partial charge in [0.2, 0.25) is 0 Å². The van der Waals surface area contributed by atoms with Crippen LogP contribution in [0.3, 0.4) is 0 Å². The molecule has 0 nitrogen and oxygen atoms in total. The number of benzene rings is 3. The summed E-state index contributed by atoms with van der Waals surface area (Å²) in [5.41, 5.74) is 9.74. The number of fused-ring (bicyclic) bond motifs is 2. The molecule has 0 bridgehead atoms. The van der Waals surface area contributed by atoms with Crippen molar-refractivity contribution in [2.24, 2.45) is 5.92 Å². The molecule has 0 fully saturated rings. The summed E-state index contributed by atoms with van der Waals surface area (Å²) in [5.74, 6) is 0.917. The van der Waals surface area contributed by atoms with Crippen molar-refractivity contribution in [3.63, 3.8) is 0 Å². The Hall–Kier alpha value is -1.76. The van der Waals surface area contributed by atoms with E-state index in [-0.39, 0.29) is 5.43 Å². The number of hydrogen-bond acceptors (Lipinski definition) is 0. The predicted octanol–water partition coefficient (Wildman–Crippen LogP) is 8.59. The third-order valence-electron chi connectivity index (χ3n) is 6.36. The second-order valence-corrected chi connectivity index (χ2v) is 18.6. The molecular formula is C31H34SiZr. The van der Waals surface area contributed by atoms with Gasteiger partial charge in [0.05, 0.1) is 0 Å². The topological polar surface area (TPSA) is 0 Å². The van der Waals surface area contributed by atoms with E-state index in [1.165, 1.54) is 49.8 Å². The molecular weight excluding hydrogens is 492 g/mol. The maximum atomic E-state index is 3.55. The van der Waals surface area contributed by atoms with Crippen molar-refractivity contribution in [3.05, 3.63) is 118 Å². The van der Waals surface area contributed by atoms with Crippen molar-refractivity contribution in [3.8, 4) is 0 Å². The minimum absolute atomic E-state index is 0.210. The number of rotatable bonds is 1. The first-order valence-electron chi connectivity index (χ1n) is 11.7. The third-order valence-corrected chi connectivity index (χ3v) is 6.36. The molecule has 2 aliphatic rings. The van der Waals surface area contributed by atoms with Gasteiger partial charge in [0.1, 0.15) is 0 Å². The van der Waals surface area contributed by atoms with Crippen LogP contribution in [0, 0.1) is 18.1 Å². The van der Waals surface area contributed by atoms with Crippen LogP contribution in [0.5, 0.6) is 0 Å². The summed E-state index contributed by atoms with van der Waals surface area (Å²) in [6.07, 6.45) is 6.91. The molecule has 3 aromatic carbocycles. The maximum absolute atomic E-state index is 3.55. The Bertz CT molecular complexity index is 1240. The van der Waals surface area contributed by atoms with Gasteiger partial charge in [0, 0.05) is 0 Å². The van der Waals surface area contributed by atoms with Crippen LogP contribution >= 0.6 is 0 Å². The first-order valence-corrected chi connectivity index (χ1v) is 17.9. The van der Waals surface area contributed by atoms with Gasteiger partial charge in [-0.1, -0.05) is 93.6 Å². The molecule has 0 N–H and O–H groups in total. The van der Waals surface area contributed by atoms with Crippen LogP contribution in [-0.4, -0.2) is 5.43 Å². The summed E-state index contributed by atoms with van der Waals surface area (Å²) in [5, 5.41) is 2.60.